The van der Waals surface area contributed by atoms with Crippen molar-refractivity contribution >= 4 is 8.60 Å². The number of hydrogen-bond acceptors (Lipinski definition) is 3. The highest BCUT2D eigenvalue weighted by Crippen LogP contribution is 2.41. The molecule has 0 aromatic heterocycles. The zero-order chi connectivity index (χ0) is 12.1. The lowest BCUT2D eigenvalue weighted by atomic mass is 10.1. The molecule has 0 aliphatic heterocycles. The molecule has 0 fully saturated rings. The molecule has 2 rings (SSSR count). The van der Waals surface area contributed by atoms with Crippen molar-refractivity contribution in [1.29, 1.82) is 0 Å². The van der Waals surface area contributed by atoms with Crippen LogP contribution in [0, 0.1) is 0 Å². The summed E-state index contributed by atoms with van der Waals surface area (Å²) in [7, 11) is -1.24. The van der Waals surface area contributed by atoms with Gasteiger partial charge in [-0.25, -0.2) is 0 Å². The molecule has 1 aromatic rings. The summed E-state index contributed by atoms with van der Waals surface area (Å²) in [5, 5.41) is 0. The average molecular weight is 254 g/mol. The van der Waals surface area contributed by atoms with Gasteiger partial charge < -0.3 is 13.6 Å². The smallest absolute Gasteiger partial charge is 0.397 e. The van der Waals surface area contributed by atoms with Gasteiger partial charge in [0.2, 0.25) is 0 Å². The molecule has 0 heterocycles. The number of hydrogen-bond donors (Lipinski definition) is 0. The number of benzene rings is 1. The Morgan fingerprint density at radius 1 is 1.06 bits per heavy atom. The second-order valence-electron chi connectivity index (χ2n) is 3.93. The molecule has 0 amide bonds. The van der Waals surface area contributed by atoms with Crippen LogP contribution in [0.15, 0.2) is 18.2 Å². The number of rotatable bonds is 6. The van der Waals surface area contributed by atoms with Crippen molar-refractivity contribution < 1.29 is 13.6 Å². The quantitative estimate of drug-likeness (QED) is 0.721. The van der Waals surface area contributed by atoms with Crippen LogP contribution in [0.4, 0.5) is 0 Å². The second-order valence-corrected chi connectivity index (χ2v) is 5.08. The van der Waals surface area contributed by atoms with Crippen LogP contribution in [0.1, 0.15) is 31.4 Å². The van der Waals surface area contributed by atoms with E-state index >= 15 is 0 Å². The lowest BCUT2D eigenvalue weighted by molar-refractivity contribution is 0.221. The van der Waals surface area contributed by atoms with Gasteiger partial charge in [-0.15, -0.1) is 0 Å². The number of fused-ring (bicyclic) bond motifs is 1. The van der Waals surface area contributed by atoms with Gasteiger partial charge in [0, 0.05) is 0 Å². The van der Waals surface area contributed by atoms with Gasteiger partial charge in [-0.2, -0.15) is 0 Å². The molecule has 1 aromatic carbocycles. The van der Waals surface area contributed by atoms with Gasteiger partial charge in [0.25, 0.3) is 0 Å². The van der Waals surface area contributed by atoms with Crippen LogP contribution < -0.4 is 4.52 Å². The Morgan fingerprint density at radius 2 is 1.76 bits per heavy atom. The Morgan fingerprint density at radius 3 is 2.47 bits per heavy atom. The molecule has 0 spiro atoms. The molecule has 0 unspecified atom stereocenters. The minimum absolute atomic E-state index is 0.608. The zero-order valence-electron chi connectivity index (χ0n) is 10.4. The highest BCUT2D eigenvalue weighted by atomic mass is 31.2. The fourth-order valence-electron chi connectivity index (χ4n) is 1.99. The molecule has 0 atom stereocenters. The van der Waals surface area contributed by atoms with Crippen LogP contribution in [0.25, 0.3) is 0 Å². The van der Waals surface area contributed by atoms with Crippen molar-refractivity contribution in [1.82, 2.24) is 0 Å². The molecule has 1 aliphatic rings. The highest BCUT2D eigenvalue weighted by Gasteiger charge is 2.16. The van der Waals surface area contributed by atoms with Crippen LogP contribution in [-0.2, 0) is 21.9 Å². The minimum Gasteiger partial charge on any atom is -0.427 e. The molecule has 1 aliphatic carbocycles. The summed E-state index contributed by atoms with van der Waals surface area (Å²) < 4.78 is 16.6. The van der Waals surface area contributed by atoms with Crippen molar-refractivity contribution in [3.05, 3.63) is 29.3 Å². The van der Waals surface area contributed by atoms with Crippen LogP contribution in [0.2, 0.25) is 0 Å². The third kappa shape index (κ3) is 3.41. The van der Waals surface area contributed by atoms with Crippen molar-refractivity contribution in [3.8, 4) is 5.75 Å². The Labute approximate surface area is 104 Å². The minimum atomic E-state index is -1.24. The fourth-order valence-corrected chi connectivity index (χ4v) is 2.88. The maximum atomic E-state index is 5.74. The molecule has 0 saturated heterocycles. The van der Waals surface area contributed by atoms with Crippen molar-refractivity contribution in [2.75, 3.05) is 13.2 Å². The lowest BCUT2D eigenvalue weighted by Crippen LogP contribution is -1.97. The van der Waals surface area contributed by atoms with Crippen molar-refractivity contribution in [2.45, 2.75) is 33.1 Å². The summed E-state index contributed by atoms with van der Waals surface area (Å²) in [5.41, 5.74) is 2.86. The zero-order valence-corrected chi connectivity index (χ0v) is 11.3. The number of aryl methyl sites for hydroxylation is 2. The first kappa shape index (κ1) is 12.8. The van der Waals surface area contributed by atoms with Crippen LogP contribution >= 0.6 is 8.60 Å². The summed E-state index contributed by atoms with van der Waals surface area (Å²) in [6.07, 6.45) is 3.61. The first-order chi connectivity index (χ1) is 8.33. The van der Waals surface area contributed by atoms with Crippen LogP contribution in [0.3, 0.4) is 0 Å². The van der Waals surface area contributed by atoms with Gasteiger partial charge in [0.1, 0.15) is 5.75 Å². The van der Waals surface area contributed by atoms with Gasteiger partial charge >= 0.3 is 8.60 Å². The monoisotopic (exact) mass is 254 g/mol. The van der Waals surface area contributed by atoms with E-state index in [-0.39, 0.29) is 0 Å². The van der Waals surface area contributed by atoms with Gasteiger partial charge in [0.15, 0.2) is 0 Å². The van der Waals surface area contributed by atoms with Crippen molar-refractivity contribution in [3.63, 3.8) is 0 Å². The Hall–Kier alpha value is -0.630. The summed E-state index contributed by atoms with van der Waals surface area (Å²) in [5.74, 6) is 0.860. The predicted octanol–water partition coefficient (Wildman–Crippen LogP) is 3.85. The largest absolute Gasteiger partial charge is 0.427 e. The van der Waals surface area contributed by atoms with Crippen LogP contribution in [0.5, 0.6) is 5.75 Å². The second kappa shape index (κ2) is 6.34. The molecule has 4 heteroatoms. The first-order valence-corrected chi connectivity index (χ1v) is 7.28. The van der Waals surface area contributed by atoms with E-state index in [0.29, 0.717) is 13.2 Å². The van der Waals surface area contributed by atoms with E-state index in [0.717, 1.165) is 12.2 Å². The van der Waals surface area contributed by atoms with Gasteiger partial charge in [-0.3, -0.25) is 0 Å². The van der Waals surface area contributed by atoms with E-state index in [2.05, 4.69) is 12.1 Å². The van der Waals surface area contributed by atoms with Crippen molar-refractivity contribution in [2.24, 2.45) is 0 Å². The molecule has 94 valence electrons. The van der Waals surface area contributed by atoms with Gasteiger partial charge in [-0.1, -0.05) is 6.07 Å². The third-order valence-corrected chi connectivity index (χ3v) is 4.02. The normalized spacial score (nSPS) is 14.1. The van der Waals surface area contributed by atoms with Gasteiger partial charge in [0.05, 0.1) is 13.2 Å². The summed E-state index contributed by atoms with van der Waals surface area (Å²) in [6.45, 7) is 5.11. The van der Waals surface area contributed by atoms with E-state index in [1.807, 2.05) is 19.9 Å². The molecular weight excluding hydrogens is 235 g/mol. The predicted molar refractivity (Wildman–Crippen MR) is 69.3 cm³/mol. The highest BCUT2D eigenvalue weighted by molar-refractivity contribution is 7.42. The molecule has 3 nitrogen and oxygen atoms in total. The van der Waals surface area contributed by atoms with Gasteiger partial charge in [-0.05, 0) is 56.4 Å². The lowest BCUT2D eigenvalue weighted by Gasteiger charge is -2.16. The Balaban J connectivity index is 2.01. The first-order valence-electron chi connectivity index (χ1n) is 6.19. The summed E-state index contributed by atoms with van der Waals surface area (Å²) in [4.78, 5) is 0. The fraction of sp³-hybridized carbons (Fsp3) is 0.538. The summed E-state index contributed by atoms with van der Waals surface area (Å²) >= 11 is 0. The molecule has 0 radical (unpaired) electrons. The Bertz CT molecular complexity index is 362. The molecule has 0 bridgehead atoms. The maximum Gasteiger partial charge on any atom is 0.397 e. The molecular formula is C13H19O3P. The molecule has 0 saturated carbocycles. The average Bonchev–Trinajstić information content (AvgIpc) is 2.77. The summed E-state index contributed by atoms with van der Waals surface area (Å²) in [6, 6.07) is 6.29. The SMILES string of the molecule is CCOP(OCC)Oc1ccc2c(c1)CCC2. The van der Waals surface area contributed by atoms with E-state index < -0.39 is 8.60 Å². The maximum absolute atomic E-state index is 5.74. The van der Waals surface area contributed by atoms with E-state index in [1.54, 1.807) is 0 Å². The standard InChI is InChI=1S/C13H19O3P/c1-3-14-17(15-4-2)16-13-9-8-11-6-5-7-12(11)10-13/h8-10H,3-7H2,1-2H3. The third-order valence-electron chi connectivity index (χ3n) is 2.72. The van der Waals surface area contributed by atoms with E-state index in [1.165, 1.54) is 24.0 Å². The topological polar surface area (TPSA) is 27.7 Å². The molecule has 17 heavy (non-hydrogen) atoms. The van der Waals surface area contributed by atoms with E-state index in [4.69, 9.17) is 13.6 Å². The Kier molecular flexibility index (Phi) is 4.78. The van der Waals surface area contributed by atoms with Crippen LogP contribution in [-0.4, -0.2) is 13.2 Å². The van der Waals surface area contributed by atoms with E-state index in [9.17, 15) is 0 Å². The molecule has 0 N–H and O–H groups in total.